The van der Waals surface area contributed by atoms with Crippen molar-refractivity contribution in [3.05, 3.63) is 30.3 Å². The zero-order valence-corrected chi connectivity index (χ0v) is 13.7. The molecule has 0 radical (unpaired) electrons. The topological polar surface area (TPSA) is 82.4 Å². The second-order valence-electron chi connectivity index (χ2n) is 5.82. The lowest BCUT2D eigenvalue weighted by molar-refractivity contribution is -0.125. The molecule has 128 valence electrons. The Labute approximate surface area is 142 Å². The van der Waals surface area contributed by atoms with Crippen LogP contribution in [0.15, 0.2) is 30.3 Å². The minimum absolute atomic E-state index is 0.122. The Morgan fingerprint density at radius 1 is 1.29 bits per heavy atom. The van der Waals surface area contributed by atoms with Crippen molar-refractivity contribution in [1.29, 1.82) is 5.26 Å². The number of nitrogens with zero attached hydrogens (tertiary/aromatic N) is 2. The van der Waals surface area contributed by atoms with Gasteiger partial charge in [0.15, 0.2) is 0 Å². The van der Waals surface area contributed by atoms with Gasteiger partial charge in [-0.3, -0.25) is 9.59 Å². The van der Waals surface area contributed by atoms with E-state index in [1.165, 1.54) is 0 Å². The molecule has 1 saturated heterocycles. The molecule has 1 atom stereocenters. The lowest BCUT2D eigenvalue weighted by atomic mass is 10.1. The van der Waals surface area contributed by atoms with Gasteiger partial charge >= 0.3 is 0 Å². The molecular weight excluding hydrogens is 306 g/mol. The SMILES string of the molecule is N#CCCN(C(=O)CCC(=O)NC[C@@H]1CCOC1)c1ccccc1. The number of hydrogen-bond donors (Lipinski definition) is 1. The van der Waals surface area contributed by atoms with Crippen LogP contribution in [0, 0.1) is 17.2 Å². The van der Waals surface area contributed by atoms with Gasteiger partial charge in [0, 0.05) is 44.1 Å². The van der Waals surface area contributed by atoms with E-state index in [9.17, 15) is 9.59 Å². The Hall–Kier alpha value is -2.39. The number of carbonyl (C=O) groups excluding carboxylic acids is 2. The Balaban J connectivity index is 1.81. The molecule has 1 aromatic carbocycles. The molecule has 0 bridgehead atoms. The summed E-state index contributed by atoms with van der Waals surface area (Å²) in [7, 11) is 0. The first-order valence-electron chi connectivity index (χ1n) is 8.27. The predicted octanol–water partition coefficient (Wildman–Crippen LogP) is 1.87. The zero-order chi connectivity index (χ0) is 17.2. The van der Waals surface area contributed by atoms with Crippen molar-refractivity contribution >= 4 is 17.5 Å². The smallest absolute Gasteiger partial charge is 0.227 e. The van der Waals surface area contributed by atoms with Crippen LogP contribution in [0.25, 0.3) is 0 Å². The Kier molecular flexibility index (Phi) is 7.24. The highest BCUT2D eigenvalue weighted by molar-refractivity contribution is 5.95. The van der Waals surface area contributed by atoms with Crippen LogP contribution in [0.3, 0.4) is 0 Å². The molecule has 1 N–H and O–H groups in total. The van der Waals surface area contributed by atoms with Gasteiger partial charge in [-0.05, 0) is 18.6 Å². The van der Waals surface area contributed by atoms with Crippen molar-refractivity contribution in [2.24, 2.45) is 5.92 Å². The number of para-hydroxylation sites is 1. The van der Waals surface area contributed by atoms with E-state index < -0.39 is 0 Å². The minimum Gasteiger partial charge on any atom is -0.381 e. The van der Waals surface area contributed by atoms with Crippen LogP contribution in [-0.2, 0) is 14.3 Å². The first-order valence-corrected chi connectivity index (χ1v) is 8.27. The fourth-order valence-electron chi connectivity index (χ4n) is 2.61. The molecule has 24 heavy (non-hydrogen) atoms. The normalized spacial score (nSPS) is 16.4. The largest absolute Gasteiger partial charge is 0.381 e. The fraction of sp³-hybridized carbons (Fsp3) is 0.500. The Bertz CT molecular complexity index is 577. The monoisotopic (exact) mass is 329 g/mol. The number of carbonyl (C=O) groups is 2. The van der Waals surface area contributed by atoms with Gasteiger partial charge in [0.1, 0.15) is 0 Å². The maximum Gasteiger partial charge on any atom is 0.227 e. The lowest BCUT2D eigenvalue weighted by Gasteiger charge is -2.21. The van der Waals surface area contributed by atoms with E-state index in [0.717, 1.165) is 18.7 Å². The molecular formula is C18H23N3O3. The van der Waals surface area contributed by atoms with Gasteiger partial charge in [-0.15, -0.1) is 0 Å². The summed E-state index contributed by atoms with van der Waals surface area (Å²) in [6.07, 6.45) is 1.51. The lowest BCUT2D eigenvalue weighted by Crippen LogP contribution is -2.34. The zero-order valence-electron chi connectivity index (χ0n) is 13.7. The average Bonchev–Trinajstić information content (AvgIpc) is 3.13. The van der Waals surface area contributed by atoms with Gasteiger partial charge in [0.05, 0.1) is 19.1 Å². The van der Waals surface area contributed by atoms with Crippen molar-refractivity contribution < 1.29 is 14.3 Å². The van der Waals surface area contributed by atoms with Crippen LogP contribution in [0.1, 0.15) is 25.7 Å². The van der Waals surface area contributed by atoms with E-state index in [4.69, 9.17) is 10.00 Å². The van der Waals surface area contributed by atoms with Gasteiger partial charge in [0.2, 0.25) is 11.8 Å². The molecule has 1 fully saturated rings. The highest BCUT2D eigenvalue weighted by Crippen LogP contribution is 2.16. The molecule has 0 aromatic heterocycles. The molecule has 1 aromatic rings. The van der Waals surface area contributed by atoms with Crippen LogP contribution in [0.4, 0.5) is 5.69 Å². The molecule has 0 saturated carbocycles. The summed E-state index contributed by atoms with van der Waals surface area (Å²) in [5, 5.41) is 11.6. The van der Waals surface area contributed by atoms with Crippen molar-refractivity contribution in [1.82, 2.24) is 5.32 Å². The first kappa shape index (κ1) is 18.0. The van der Waals surface area contributed by atoms with Crippen LogP contribution in [0.2, 0.25) is 0 Å². The molecule has 0 aliphatic carbocycles. The Morgan fingerprint density at radius 2 is 2.08 bits per heavy atom. The summed E-state index contributed by atoms with van der Waals surface area (Å²) in [6.45, 7) is 2.38. The van der Waals surface area contributed by atoms with Crippen molar-refractivity contribution in [3.8, 4) is 6.07 Å². The number of benzene rings is 1. The third kappa shape index (κ3) is 5.67. The van der Waals surface area contributed by atoms with Gasteiger partial charge in [-0.1, -0.05) is 18.2 Å². The second kappa shape index (κ2) is 9.68. The minimum atomic E-state index is -0.143. The van der Waals surface area contributed by atoms with Crippen molar-refractivity contribution in [3.63, 3.8) is 0 Å². The van der Waals surface area contributed by atoms with E-state index in [1.54, 1.807) is 4.90 Å². The standard InChI is InChI=1S/C18H23N3O3/c19-10-4-11-21(16-5-2-1-3-6-16)18(23)8-7-17(22)20-13-15-9-12-24-14-15/h1-3,5-6,15H,4,7-9,11-14H2,(H,20,22)/t15-/m0/s1. The summed E-state index contributed by atoms with van der Waals surface area (Å²) in [6, 6.07) is 11.3. The number of amides is 2. The van der Waals surface area contributed by atoms with E-state index in [-0.39, 0.29) is 31.1 Å². The van der Waals surface area contributed by atoms with Gasteiger partial charge < -0.3 is 15.0 Å². The number of anilines is 1. The Morgan fingerprint density at radius 3 is 2.75 bits per heavy atom. The van der Waals surface area contributed by atoms with Gasteiger partial charge in [0.25, 0.3) is 0 Å². The second-order valence-corrected chi connectivity index (χ2v) is 5.82. The third-order valence-corrected chi connectivity index (χ3v) is 3.99. The van der Waals surface area contributed by atoms with E-state index in [2.05, 4.69) is 11.4 Å². The number of ether oxygens (including phenoxy) is 1. The molecule has 0 unspecified atom stereocenters. The van der Waals surface area contributed by atoms with Crippen molar-refractivity contribution in [2.45, 2.75) is 25.7 Å². The fourth-order valence-corrected chi connectivity index (χ4v) is 2.61. The summed E-state index contributed by atoms with van der Waals surface area (Å²) in [5.74, 6) is 0.112. The van der Waals surface area contributed by atoms with E-state index >= 15 is 0 Å². The number of rotatable bonds is 8. The van der Waals surface area contributed by atoms with E-state index in [1.807, 2.05) is 30.3 Å². The third-order valence-electron chi connectivity index (χ3n) is 3.99. The molecule has 1 aliphatic heterocycles. The van der Waals surface area contributed by atoms with Crippen LogP contribution < -0.4 is 10.2 Å². The summed E-state index contributed by atoms with van der Waals surface area (Å²) in [4.78, 5) is 25.9. The molecule has 6 nitrogen and oxygen atoms in total. The molecule has 1 aliphatic rings. The molecule has 6 heteroatoms. The quantitative estimate of drug-likeness (QED) is 0.789. The number of nitrogens with one attached hydrogen (secondary N) is 1. The summed E-state index contributed by atoms with van der Waals surface area (Å²) < 4.78 is 5.27. The van der Waals surface area contributed by atoms with Gasteiger partial charge in [-0.2, -0.15) is 5.26 Å². The summed E-state index contributed by atoms with van der Waals surface area (Å²) >= 11 is 0. The van der Waals surface area contributed by atoms with Gasteiger partial charge in [-0.25, -0.2) is 0 Å². The summed E-state index contributed by atoms with van der Waals surface area (Å²) in [5.41, 5.74) is 0.751. The highest BCUT2D eigenvalue weighted by Gasteiger charge is 2.18. The average molecular weight is 329 g/mol. The number of nitriles is 1. The first-order chi connectivity index (χ1) is 11.7. The molecule has 2 rings (SSSR count). The molecule has 2 amide bonds. The highest BCUT2D eigenvalue weighted by atomic mass is 16.5. The van der Waals surface area contributed by atoms with Crippen LogP contribution >= 0.6 is 0 Å². The molecule has 1 heterocycles. The van der Waals surface area contributed by atoms with Crippen molar-refractivity contribution in [2.75, 3.05) is 31.2 Å². The molecule has 0 spiro atoms. The van der Waals surface area contributed by atoms with Crippen LogP contribution in [-0.4, -0.2) is 38.1 Å². The maximum absolute atomic E-state index is 12.4. The number of hydrogen-bond acceptors (Lipinski definition) is 4. The van der Waals surface area contributed by atoms with E-state index in [0.29, 0.717) is 25.6 Å². The van der Waals surface area contributed by atoms with Crippen LogP contribution in [0.5, 0.6) is 0 Å². The maximum atomic E-state index is 12.4. The predicted molar refractivity (Wildman–Crippen MR) is 90.2 cm³/mol.